The second-order valence-electron chi connectivity index (χ2n) is 10.7. The first-order valence-corrected chi connectivity index (χ1v) is 14.0. The number of carbonyl (C=O) groups is 2. The van der Waals surface area contributed by atoms with Crippen LogP contribution in [0.4, 0.5) is 16.2 Å². The third-order valence-corrected chi connectivity index (χ3v) is 7.39. The number of nitrogens with one attached hydrogen (secondary N) is 2. The molecule has 0 fully saturated rings. The molecule has 4 rings (SSSR count). The fourth-order valence-electron chi connectivity index (χ4n) is 4.93. The Balaban J connectivity index is 1.60. The molecule has 3 aromatic rings. The maximum atomic E-state index is 13.7. The minimum Gasteiger partial charge on any atom is -0.497 e. The Bertz CT molecular complexity index is 1350. The number of ether oxygens (including phenoxy) is 3. The summed E-state index contributed by atoms with van der Waals surface area (Å²) in [6, 6.07) is 19.1. The first-order chi connectivity index (χ1) is 20.2. The Morgan fingerprint density at radius 2 is 1.69 bits per heavy atom. The van der Waals surface area contributed by atoms with Crippen molar-refractivity contribution >= 4 is 23.3 Å². The molecule has 0 saturated carbocycles. The number of amides is 3. The summed E-state index contributed by atoms with van der Waals surface area (Å²) in [6.45, 7) is 5.35. The summed E-state index contributed by atoms with van der Waals surface area (Å²) in [5.74, 6) is 1.44. The number of benzene rings is 3. The highest BCUT2D eigenvalue weighted by atomic mass is 16.5. The highest BCUT2D eigenvalue weighted by molar-refractivity contribution is 6.04. The van der Waals surface area contributed by atoms with Crippen LogP contribution in [0.15, 0.2) is 66.7 Å². The summed E-state index contributed by atoms with van der Waals surface area (Å²) in [5.41, 5.74) is 2.41. The predicted octanol–water partition coefficient (Wildman–Crippen LogP) is 4.70. The number of fused-ring (bicyclic) bond motifs is 1. The van der Waals surface area contributed by atoms with Crippen molar-refractivity contribution < 1.29 is 28.9 Å². The van der Waals surface area contributed by atoms with Crippen molar-refractivity contribution in [3.63, 3.8) is 0 Å². The van der Waals surface area contributed by atoms with Crippen molar-refractivity contribution in [2.75, 3.05) is 51.6 Å². The van der Waals surface area contributed by atoms with Crippen LogP contribution >= 0.6 is 0 Å². The van der Waals surface area contributed by atoms with Gasteiger partial charge in [0.25, 0.3) is 5.91 Å². The molecule has 0 aliphatic carbocycles. The van der Waals surface area contributed by atoms with E-state index < -0.39 is 12.1 Å². The normalized spacial score (nSPS) is 17.4. The lowest BCUT2D eigenvalue weighted by molar-refractivity contribution is 0.0343. The predicted molar refractivity (Wildman–Crippen MR) is 163 cm³/mol. The molecule has 0 aromatic heterocycles. The minimum atomic E-state index is -0.478. The number of rotatable bonds is 10. The van der Waals surface area contributed by atoms with E-state index in [4.69, 9.17) is 14.2 Å². The van der Waals surface area contributed by atoms with Gasteiger partial charge in [-0.25, -0.2) is 4.79 Å². The summed E-state index contributed by atoms with van der Waals surface area (Å²) >= 11 is 0. The van der Waals surface area contributed by atoms with E-state index in [2.05, 4.69) is 15.5 Å². The molecule has 0 spiro atoms. The third-order valence-electron chi connectivity index (χ3n) is 7.39. The number of nitrogens with zero attached hydrogens (tertiary/aromatic N) is 2. The third kappa shape index (κ3) is 7.51. The number of hydrogen-bond acceptors (Lipinski definition) is 7. The van der Waals surface area contributed by atoms with Gasteiger partial charge in [-0.05, 0) is 68.1 Å². The van der Waals surface area contributed by atoms with Crippen LogP contribution in [0.1, 0.15) is 29.8 Å². The summed E-state index contributed by atoms with van der Waals surface area (Å²) in [7, 11) is 5.24. The van der Waals surface area contributed by atoms with Crippen molar-refractivity contribution in [2.24, 2.45) is 5.92 Å². The van der Waals surface area contributed by atoms with E-state index in [0.29, 0.717) is 48.1 Å². The molecule has 1 heterocycles. The Kier molecular flexibility index (Phi) is 10.3. The number of likely N-dealkylation sites (N-methyl/N-ethyl adjacent to an activating group) is 1. The number of aliphatic hydroxyl groups excluding tert-OH is 1. The number of para-hydroxylation sites is 1. The van der Waals surface area contributed by atoms with E-state index in [1.54, 1.807) is 61.6 Å². The molecule has 42 heavy (non-hydrogen) atoms. The molecular formula is C32H40N4O6. The second-order valence-corrected chi connectivity index (χ2v) is 10.7. The standard InChI is InChI=1S/C32H40N4O6/c1-21-17-36(22(2)20-37)31(38)27-7-6-8-28(34-32(39)33-24-11-15-26(41-5)16-12-24)30(27)42-29(21)19-35(3)18-23-9-13-25(40-4)14-10-23/h6-16,21-22,29,37H,17-20H2,1-5H3,(H2,33,34,39)/t21-,22+,29-/m1/s1. The first-order valence-electron chi connectivity index (χ1n) is 14.0. The number of methoxy groups -OCH3 is 2. The van der Waals surface area contributed by atoms with Crippen molar-refractivity contribution in [3.8, 4) is 17.2 Å². The van der Waals surface area contributed by atoms with E-state index in [1.807, 2.05) is 45.2 Å². The van der Waals surface area contributed by atoms with Crippen molar-refractivity contribution in [3.05, 3.63) is 77.9 Å². The second kappa shape index (κ2) is 14.1. The number of carbonyl (C=O) groups excluding carboxylic acids is 2. The highest BCUT2D eigenvalue weighted by Gasteiger charge is 2.34. The van der Waals surface area contributed by atoms with E-state index >= 15 is 0 Å². The molecule has 0 saturated heterocycles. The average Bonchev–Trinajstić information content (AvgIpc) is 2.99. The van der Waals surface area contributed by atoms with Crippen molar-refractivity contribution in [2.45, 2.75) is 32.5 Å². The Labute approximate surface area is 247 Å². The van der Waals surface area contributed by atoms with Gasteiger partial charge in [0.2, 0.25) is 0 Å². The van der Waals surface area contributed by atoms with Crippen LogP contribution in [0.5, 0.6) is 17.2 Å². The molecule has 3 amide bonds. The SMILES string of the molecule is COc1ccc(CN(C)C[C@H]2Oc3c(NC(=O)Nc4ccc(OC)cc4)cccc3C(=O)N([C@@H](C)CO)C[C@H]2C)cc1. The van der Waals surface area contributed by atoms with Gasteiger partial charge in [-0.3, -0.25) is 9.69 Å². The molecule has 0 radical (unpaired) electrons. The molecule has 1 aliphatic heterocycles. The van der Waals surface area contributed by atoms with Crippen LogP contribution in [0.3, 0.4) is 0 Å². The van der Waals surface area contributed by atoms with E-state index in [9.17, 15) is 14.7 Å². The van der Waals surface area contributed by atoms with E-state index in [1.165, 1.54) is 0 Å². The number of aliphatic hydroxyl groups is 1. The average molecular weight is 577 g/mol. The fraction of sp³-hybridized carbons (Fsp3) is 0.375. The summed E-state index contributed by atoms with van der Waals surface area (Å²) in [6.07, 6.45) is -0.318. The van der Waals surface area contributed by atoms with Crippen LogP contribution in [0, 0.1) is 5.92 Å². The molecule has 1 aliphatic rings. The Morgan fingerprint density at radius 1 is 1.05 bits per heavy atom. The lowest BCUT2D eigenvalue weighted by Gasteiger charge is -2.38. The van der Waals surface area contributed by atoms with Gasteiger partial charge in [-0.2, -0.15) is 0 Å². The van der Waals surface area contributed by atoms with Gasteiger partial charge >= 0.3 is 6.03 Å². The molecule has 224 valence electrons. The van der Waals surface area contributed by atoms with Gasteiger partial charge in [-0.1, -0.05) is 25.1 Å². The highest BCUT2D eigenvalue weighted by Crippen LogP contribution is 2.35. The largest absolute Gasteiger partial charge is 0.497 e. The van der Waals surface area contributed by atoms with Gasteiger partial charge in [0, 0.05) is 31.2 Å². The van der Waals surface area contributed by atoms with Gasteiger partial charge in [-0.15, -0.1) is 0 Å². The zero-order chi connectivity index (χ0) is 30.2. The van der Waals surface area contributed by atoms with Crippen LogP contribution in [-0.4, -0.2) is 80.0 Å². The quantitative estimate of drug-likeness (QED) is 0.321. The lowest BCUT2D eigenvalue weighted by atomic mass is 9.99. The van der Waals surface area contributed by atoms with E-state index in [0.717, 1.165) is 11.3 Å². The summed E-state index contributed by atoms with van der Waals surface area (Å²) < 4.78 is 17.1. The smallest absolute Gasteiger partial charge is 0.323 e. The van der Waals surface area contributed by atoms with Gasteiger partial charge < -0.3 is 34.9 Å². The zero-order valence-corrected chi connectivity index (χ0v) is 24.8. The maximum Gasteiger partial charge on any atom is 0.323 e. The number of anilines is 2. The Hall–Kier alpha value is -4.28. The molecule has 3 aromatic carbocycles. The monoisotopic (exact) mass is 576 g/mol. The van der Waals surface area contributed by atoms with Crippen LogP contribution in [0.2, 0.25) is 0 Å². The molecular weight excluding hydrogens is 536 g/mol. The number of urea groups is 1. The topological polar surface area (TPSA) is 113 Å². The minimum absolute atomic E-state index is 0.0735. The van der Waals surface area contributed by atoms with Gasteiger partial charge in [0.15, 0.2) is 5.75 Å². The zero-order valence-electron chi connectivity index (χ0n) is 24.8. The summed E-state index contributed by atoms with van der Waals surface area (Å²) in [4.78, 5) is 30.6. The van der Waals surface area contributed by atoms with Crippen LogP contribution in [-0.2, 0) is 6.54 Å². The number of hydrogen-bond donors (Lipinski definition) is 3. The van der Waals surface area contributed by atoms with E-state index in [-0.39, 0.29) is 24.5 Å². The van der Waals surface area contributed by atoms with Crippen molar-refractivity contribution in [1.29, 1.82) is 0 Å². The first kappa shape index (κ1) is 30.7. The van der Waals surface area contributed by atoms with Gasteiger partial charge in [0.1, 0.15) is 17.6 Å². The lowest BCUT2D eigenvalue weighted by Crippen LogP contribution is -2.49. The van der Waals surface area contributed by atoms with Gasteiger partial charge in [0.05, 0.1) is 38.1 Å². The molecule has 0 bridgehead atoms. The van der Waals surface area contributed by atoms with Crippen LogP contribution < -0.4 is 24.8 Å². The molecule has 10 nitrogen and oxygen atoms in total. The molecule has 3 atom stereocenters. The maximum absolute atomic E-state index is 13.7. The molecule has 0 unspecified atom stereocenters. The molecule has 10 heteroatoms. The Morgan fingerprint density at radius 3 is 2.31 bits per heavy atom. The molecule has 3 N–H and O–H groups in total. The van der Waals surface area contributed by atoms with Crippen molar-refractivity contribution in [1.82, 2.24) is 9.80 Å². The fourth-order valence-corrected chi connectivity index (χ4v) is 4.93. The summed E-state index contributed by atoms with van der Waals surface area (Å²) in [5, 5.41) is 15.6. The van der Waals surface area contributed by atoms with Crippen LogP contribution in [0.25, 0.3) is 0 Å².